The predicted molar refractivity (Wildman–Crippen MR) is 77.3 cm³/mol. The first kappa shape index (κ1) is 17.3. The molecule has 21 heavy (non-hydrogen) atoms. The fourth-order valence-electron chi connectivity index (χ4n) is 2.13. The van der Waals surface area contributed by atoms with Crippen molar-refractivity contribution in [2.24, 2.45) is 11.7 Å². The number of amides is 3. The van der Waals surface area contributed by atoms with Crippen LogP contribution in [0.2, 0.25) is 0 Å². The van der Waals surface area contributed by atoms with E-state index in [9.17, 15) is 14.4 Å². The molecule has 0 radical (unpaired) electrons. The third-order valence-electron chi connectivity index (χ3n) is 3.65. The number of nitrogens with zero attached hydrogens (tertiary/aromatic N) is 1. The van der Waals surface area contributed by atoms with Gasteiger partial charge in [0.05, 0.1) is 6.61 Å². The van der Waals surface area contributed by atoms with Gasteiger partial charge in [-0.3, -0.25) is 9.59 Å². The van der Waals surface area contributed by atoms with Gasteiger partial charge < -0.3 is 20.7 Å². The molecule has 7 heteroatoms. The molecule has 0 aliphatic heterocycles. The van der Waals surface area contributed by atoms with E-state index < -0.39 is 18.0 Å². The number of primary amides is 1. The van der Waals surface area contributed by atoms with Gasteiger partial charge >= 0.3 is 12.0 Å². The minimum atomic E-state index is -0.736. The van der Waals surface area contributed by atoms with Gasteiger partial charge in [0.1, 0.15) is 12.6 Å². The standard InChI is InChI=1S/C14H25N3O4/c1-4-9(3)12(16-14(15)20)13(19)17(10-6-7-10)8-11(18)21-5-2/h9-10,12H,4-8H2,1-3H3,(H3,15,16,20). The summed E-state index contributed by atoms with van der Waals surface area (Å²) in [4.78, 5) is 36.9. The quantitative estimate of drug-likeness (QED) is 0.641. The Morgan fingerprint density at radius 2 is 1.95 bits per heavy atom. The molecule has 1 aliphatic carbocycles. The molecule has 0 saturated heterocycles. The van der Waals surface area contributed by atoms with E-state index in [1.165, 1.54) is 4.90 Å². The van der Waals surface area contributed by atoms with Crippen LogP contribution in [-0.2, 0) is 14.3 Å². The van der Waals surface area contributed by atoms with Crippen LogP contribution in [0, 0.1) is 5.92 Å². The number of hydrogen-bond acceptors (Lipinski definition) is 4. The topological polar surface area (TPSA) is 102 Å². The van der Waals surface area contributed by atoms with Crippen molar-refractivity contribution in [1.82, 2.24) is 10.2 Å². The molecule has 3 amide bonds. The maximum absolute atomic E-state index is 12.6. The Morgan fingerprint density at radius 1 is 1.33 bits per heavy atom. The highest BCUT2D eigenvalue weighted by atomic mass is 16.5. The first-order valence-corrected chi connectivity index (χ1v) is 7.42. The number of nitrogens with one attached hydrogen (secondary N) is 1. The lowest BCUT2D eigenvalue weighted by molar-refractivity contribution is -0.150. The molecular formula is C14H25N3O4. The van der Waals surface area contributed by atoms with Crippen molar-refractivity contribution in [2.75, 3.05) is 13.2 Å². The molecule has 1 aliphatic rings. The smallest absolute Gasteiger partial charge is 0.325 e. The number of carbonyl (C=O) groups is 3. The summed E-state index contributed by atoms with van der Waals surface area (Å²) in [7, 11) is 0. The molecule has 7 nitrogen and oxygen atoms in total. The Morgan fingerprint density at radius 3 is 2.38 bits per heavy atom. The number of ether oxygens (including phenoxy) is 1. The first-order chi connectivity index (χ1) is 9.90. The van der Waals surface area contributed by atoms with Crippen LogP contribution in [0.3, 0.4) is 0 Å². The van der Waals surface area contributed by atoms with E-state index in [0.717, 1.165) is 12.8 Å². The predicted octanol–water partition coefficient (Wildman–Crippen LogP) is 0.624. The van der Waals surface area contributed by atoms with Gasteiger partial charge in [0, 0.05) is 6.04 Å². The fourth-order valence-corrected chi connectivity index (χ4v) is 2.13. The number of carbonyl (C=O) groups excluding carboxylic acids is 3. The van der Waals surface area contributed by atoms with Crippen LogP contribution in [0.5, 0.6) is 0 Å². The lowest BCUT2D eigenvalue weighted by Gasteiger charge is -2.29. The number of hydrogen-bond donors (Lipinski definition) is 2. The van der Waals surface area contributed by atoms with Crippen LogP contribution < -0.4 is 11.1 Å². The van der Waals surface area contributed by atoms with E-state index in [4.69, 9.17) is 10.5 Å². The molecule has 2 atom stereocenters. The van der Waals surface area contributed by atoms with E-state index in [0.29, 0.717) is 6.42 Å². The van der Waals surface area contributed by atoms with Crippen LogP contribution in [-0.4, -0.2) is 48.0 Å². The normalized spacial score (nSPS) is 16.7. The Bertz CT molecular complexity index is 396. The second kappa shape index (κ2) is 7.85. The van der Waals surface area contributed by atoms with Crippen molar-refractivity contribution in [3.05, 3.63) is 0 Å². The summed E-state index contributed by atoms with van der Waals surface area (Å²) >= 11 is 0. The highest BCUT2D eigenvalue weighted by molar-refractivity contribution is 5.89. The zero-order valence-corrected chi connectivity index (χ0v) is 12.9. The lowest BCUT2D eigenvalue weighted by Crippen LogP contribution is -2.54. The lowest BCUT2D eigenvalue weighted by atomic mass is 9.97. The molecular weight excluding hydrogens is 274 g/mol. The van der Waals surface area contributed by atoms with E-state index in [-0.39, 0.29) is 31.0 Å². The monoisotopic (exact) mass is 299 g/mol. The van der Waals surface area contributed by atoms with Gasteiger partial charge in [-0.25, -0.2) is 4.79 Å². The number of esters is 1. The van der Waals surface area contributed by atoms with Crippen molar-refractivity contribution in [1.29, 1.82) is 0 Å². The molecule has 0 heterocycles. The van der Waals surface area contributed by atoms with Gasteiger partial charge in [-0.1, -0.05) is 20.3 Å². The summed E-state index contributed by atoms with van der Waals surface area (Å²) < 4.78 is 4.90. The van der Waals surface area contributed by atoms with E-state index >= 15 is 0 Å². The van der Waals surface area contributed by atoms with Gasteiger partial charge in [-0.15, -0.1) is 0 Å². The number of nitrogens with two attached hydrogens (primary N) is 1. The molecule has 3 N–H and O–H groups in total. The largest absolute Gasteiger partial charge is 0.465 e. The van der Waals surface area contributed by atoms with Crippen molar-refractivity contribution >= 4 is 17.9 Å². The Labute approximate surface area is 125 Å². The zero-order chi connectivity index (χ0) is 16.0. The summed E-state index contributed by atoms with van der Waals surface area (Å²) in [5, 5.41) is 2.49. The van der Waals surface area contributed by atoms with Gasteiger partial charge in [0.15, 0.2) is 0 Å². The average molecular weight is 299 g/mol. The van der Waals surface area contributed by atoms with E-state index in [1.54, 1.807) is 6.92 Å². The Kier molecular flexibility index (Phi) is 6.45. The van der Waals surface area contributed by atoms with Crippen molar-refractivity contribution in [3.63, 3.8) is 0 Å². The molecule has 0 aromatic heterocycles. The molecule has 0 aromatic carbocycles. The second-order valence-electron chi connectivity index (χ2n) is 5.37. The third-order valence-corrected chi connectivity index (χ3v) is 3.65. The number of rotatable bonds is 8. The maximum Gasteiger partial charge on any atom is 0.325 e. The molecule has 120 valence electrons. The fraction of sp³-hybridized carbons (Fsp3) is 0.786. The highest BCUT2D eigenvalue weighted by Crippen LogP contribution is 2.28. The van der Waals surface area contributed by atoms with Gasteiger partial charge in [-0.2, -0.15) is 0 Å². The molecule has 0 spiro atoms. The van der Waals surface area contributed by atoms with Crippen LogP contribution in [0.25, 0.3) is 0 Å². The minimum Gasteiger partial charge on any atom is -0.465 e. The minimum absolute atomic E-state index is 0.0585. The van der Waals surface area contributed by atoms with Crippen LogP contribution in [0.15, 0.2) is 0 Å². The molecule has 0 bridgehead atoms. The summed E-state index contributed by atoms with van der Waals surface area (Å²) in [6.07, 6.45) is 2.46. The molecule has 1 fully saturated rings. The van der Waals surface area contributed by atoms with Gasteiger partial charge in [0.2, 0.25) is 5.91 Å². The van der Waals surface area contributed by atoms with Crippen molar-refractivity contribution < 1.29 is 19.1 Å². The van der Waals surface area contributed by atoms with Crippen molar-refractivity contribution in [2.45, 2.75) is 52.1 Å². The van der Waals surface area contributed by atoms with Gasteiger partial charge in [-0.05, 0) is 25.7 Å². The second-order valence-corrected chi connectivity index (χ2v) is 5.37. The van der Waals surface area contributed by atoms with Crippen molar-refractivity contribution in [3.8, 4) is 0 Å². The summed E-state index contributed by atoms with van der Waals surface area (Å²) in [5.74, 6) is -0.758. The van der Waals surface area contributed by atoms with Crippen LogP contribution in [0.4, 0.5) is 4.79 Å². The molecule has 1 saturated carbocycles. The summed E-state index contributed by atoms with van der Waals surface area (Å²) in [6, 6.07) is -1.38. The zero-order valence-electron chi connectivity index (χ0n) is 12.9. The Balaban J connectivity index is 2.80. The maximum atomic E-state index is 12.6. The SMILES string of the molecule is CCOC(=O)CN(C(=O)C(NC(N)=O)C(C)CC)C1CC1. The third kappa shape index (κ3) is 5.24. The van der Waals surface area contributed by atoms with Gasteiger partial charge in [0.25, 0.3) is 0 Å². The molecule has 2 unspecified atom stereocenters. The summed E-state index contributed by atoms with van der Waals surface area (Å²) in [5.41, 5.74) is 5.15. The van der Waals surface area contributed by atoms with E-state index in [1.807, 2.05) is 13.8 Å². The highest BCUT2D eigenvalue weighted by Gasteiger charge is 2.39. The van der Waals surface area contributed by atoms with Crippen LogP contribution in [0.1, 0.15) is 40.0 Å². The van der Waals surface area contributed by atoms with Crippen LogP contribution >= 0.6 is 0 Å². The van der Waals surface area contributed by atoms with E-state index in [2.05, 4.69) is 5.32 Å². The molecule has 1 rings (SSSR count). The Hall–Kier alpha value is -1.79. The average Bonchev–Trinajstić information content (AvgIpc) is 3.25. The first-order valence-electron chi connectivity index (χ1n) is 7.42. The summed E-state index contributed by atoms with van der Waals surface area (Å²) in [6.45, 7) is 5.72. The molecule has 0 aromatic rings. The number of urea groups is 1.